The van der Waals surface area contributed by atoms with Crippen LogP contribution in [-0.4, -0.2) is 24.2 Å². The van der Waals surface area contributed by atoms with Crippen molar-refractivity contribution in [1.82, 2.24) is 4.98 Å². The summed E-state index contributed by atoms with van der Waals surface area (Å²) in [6.45, 7) is 8.18. The molecule has 0 atom stereocenters. The highest BCUT2D eigenvalue weighted by Crippen LogP contribution is 2.25. The van der Waals surface area contributed by atoms with Crippen molar-refractivity contribution in [3.63, 3.8) is 0 Å². The molecular formula is C22H29N3O3S. The van der Waals surface area contributed by atoms with Gasteiger partial charge in [-0.2, -0.15) is 8.42 Å². The SMILES string of the molecule is CC.CS(=O)(=O)O.Cc1cc(Nc2ccccc2)nc(Nc2ccccc2)c1C. The van der Waals surface area contributed by atoms with E-state index in [0.29, 0.717) is 6.26 Å². The van der Waals surface area contributed by atoms with E-state index in [-0.39, 0.29) is 0 Å². The molecule has 0 radical (unpaired) electrons. The number of para-hydroxylation sites is 2. The van der Waals surface area contributed by atoms with Gasteiger partial charge in [-0.3, -0.25) is 4.55 Å². The number of hydrogen-bond donors (Lipinski definition) is 3. The zero-order valence-corrected chi connectivity index (χ0v) is 18.3. The van der Waals surface area contributed by atoms with Crippen molar-refractivity contribution in [2.45, 2.75) is 27.7 Å². The molecule has 0 amide bonds. The largest absolute Gasteiger partial charge is 0.340 e. The van der Waals surface area contributed by atoms with Crippen molar-refractivity contribution in [2.24, 2.45) is 0 Å². The van der Waals surface area contributed by atoms with E-state index in [4.69, 9.17) is 9.54 Å². The number of anilines is 4. The first-order valence-corrected chi connectivity index (χ1v) is 11.1. The minimum Gasteiger partial charge on any atom is -0.340 e. The summed E-state index contributed by atoms with van der Waals surface area (Å²) in [6.07, 6.45) is 0.715. The molecule has 6 nitrogen and oxygen atoms in total. The Hall–Kier alpha value is -2.90. The van der Waals surface area contributed by atoms with Crippen LogP contribution >= 0.6 is 0 Å². The van der Waals surface area contributed by atoms with Gasteiger partial charge in [0.25, 0.3) is 10.1 Å². The maximum atomic E-state index is 9.19. The standard InChI is InChI=1S/C19H19N3.C2H6.CH4O3S/c1-14-13-18(20-16-9-5-3-6-10-16)22-19(15(14)2)21-17-11-7-4-8-12-17;1-2;1-5(2,3)4/h3-13H,1-2H3,(H2,20,21,22);1-2H3;1H3,(H,2,3,4). The van der Waals surface area contributed by atoms with Crippen LogP contribution in [0.25, 0.3) is 0 Å². The summed E-state index contributed by atoms with van der Waals surface area (Å²) in [6, 6.07) is 22.2. The Morgan fingerprint density at radius 1 is 0.828 bits per heavy atom. The fourth-order valence-electron chi connectivity index (χ4n) is 2.25. The van der Waals surface area contributed by atoms with Crippen molar-refractivity contribution in [3.8, 4) is 0 Å². The van der Waals surface area contributed by atoms with E-state index in [0.717, 1.165) is 28.6 Å². The second-order valence-corrected chi connectivity index (χ2v) is 7.48. The average molecular weight is 416 g/mol. The summed E-state index contributed by atoms with van der Waals surface area (Å²) in [5, 5.41) is 6.74. The monoisotopic (exact) mass is 415 g/mol. The topological polar surface area (TPSA) is 91.3 Å². The molecule has 0 saturated carbocycles. The molecule has 3 aromatic rings. The van der Waals surface area contributed by atoms with Gasteiger partial charge in [0.2, 0.25) is 0 Å². The molecule has 29 heavy (non-hydrogen) atoms. The molecule has 0 fully saturated rings. The van der Waals surface area contributed by atoms with Gasteiger partial charge in [-0.1, -0.05) is 50.2 Å². The third kappa shape index (κ3) is 9.73. The molecule has 3 N–H and O–H groups in total. The number of nitrogens with one attached hydrogen (secondary N) is 2. The summed E-state index contributed by atoms with van der Waals surface area (Å²) in [7, 11) is -3.67. The van der Waals surface area contributed by atoms with Crippen LogP contribution in [0.15, 0.2) is 66.7 Å². The Labute approximate surface area is 173 Å². The number of pyridine rings is 1. The first-order valence-electron chi connectivity index (χ1n) is 9.27. The molecule has 0 saturated heterocycles. The third-order valence-electron chi connectivity index (χ3n) is 3.61. The van der Waals surface area contributed by atoms with Gasteiger partial charge < -0.3 is 10.6 Å². The first kappa shape index (κ1) is 24.1. The van der Waals surface area contributed by atoms with Crippen molar-refractivity contribution < 1.29 is 13.0 Å². The number of aromatic nitrogens is 1. The molecule has 7 heteroatoms. The Balaban J connectivity index is 0.000000527. The van der Waals surface area contributed by atoms with Gasteiger partial charge in [0.05, 0.1) is 6.26 Å². The zero-order valence-electron chi connectivity index (χ0n) is 17.5. The van der Waals surface area contributed by atoms with Gasteiger partial charge in [0.15, 0.2) is 0 Å². The van der Waals surface area contributed by atoms with E-state index >= 15 is 0 Å². The number of nitrogens with zero attached hydrogens (tertiary/aromatic N) is 1. The van der Waals surface area contributed by atoms with E-state index in [9.17, 15) is 8.42 Å². The quantitative estimate of drug-likeness (QED) is 0.472. The van der Waals surface area contributed by atoms with Crippen LogP contribution in [0.3, 0.4) is 0 Å². The van der Waals surface area contributed by atoms with Crippen molar-refractivity contribution >= 4 is 33.1 Å². The molecule has 2 aromatic carbocycles. The number of rotatable bonds is 4. The summed E-state index contributed by atoms with van der Waals surface area (Å²) in [4.78, 5) is 4.70. The summed E-state index contributed by atoms with van der Waals surface area (Å²) in [5.41, 5.74) is 4.42. The van der Waals surface area contributed by atoms with Crippen molar-refractivity contribution in [3.05, 3.63) is 77.9 Å². The lowest BCUT2D eigenvalue weighted by molar-refractivity contribution is 0.490. The van der Waals surface area contributed by atoms with Crippen LogP contribution in [0, 0.1) is 13.8 Å². The van der Waals surface area contributed by atoms with E-state index < -0.39 is 10.1 Å². The zero-order chi connectivity index (χ0) is 21.9. The van der Waals surface area contributed by atoms with Crippen LogP contribution < -0.4 is 10.6 Å². The van der Waals surface area contributed by atoms with E-state index in [1.165, 1.54) is 5.56 Å². The molecule has 0 bridgehead atoms. The lowest BCUT2D eigenvalue weighted by Gasteiger charge is -2.14. The fraction of sp³-hybridized carbons (Fsp3) is 0.227. The van der Waals surface area contributed by atoms with E-state index in [1.54, 1.807) is 0 Å². The van der Waals surface area contributed by atoms with E-state index in [1.807, 2.05) is 74.5 Å². The highest BCUT2D eigenvalue weighted by molar-refractivity contribution is 7.85. The fourth-order valence-corrected chi connectivity index (χ4v) is 2.25. The molecule has 0 spiro atoms. The molecule has 0 aliphatic heterocycles. The predicted octanol–water partition coefficient (Wildman–Crippen LogP) is 5.72. The first-order chi connectivity index (χ1) is 13.7. The van der Waals surface area contributed by atoms with Crippen LogP contribution in [0.1, 0.15) is 25.0 Å². The Morgan fingerprint density at radius 3 is 1.69 bits per heavy atom. The second kappa shape index (κ2) is 11.8. The van der Waals surface area contributed by atoms with Crippen LogP contribution in [0.2, 0.25) is 0 Å². The molecule has 0 unspecified atom stereocenters. The van der Waals surface area contributed by atoms with E-state index in [2.05, 4.69) is 30.5 Å². The summed E-state index contributed by atoms with van der Waals surface area (Å²) < 4.78 is 25.9. The smallest absolute Gasteiger partial charge is 0.261 e. The van der Waals surface area contributed by atoms with Crippen LogP contribution in [-0.2, 0) is 10.1 Å². The number of hydrogen-bond acceptors (Lipinski definition) is 5. The van der Waals surface area contributed by atoms with Gasteiger partial charge in [0, 0.05) is 11.4 Å². The Morgan fingerprint density at radius 2 is 1.24 bits per heavy atom. The lowest BCUT2D eigenvalue weighted by atomic mass is 10.1. The molecule has 1 heterocycles. The van der Waals surface area contributed by atoms with Crippen LogP contribution in [0.5, 0.6) is 0 Å². The van der Waals surface area contributed by atoms with Gasteiger partial charge in [-0.15, -0.1) is 0 Å². The molecule has 3 rings (SSSR count). The third-order valence-corrected chi connectivity index (χ3v) is 3.61. The van der Waals surface area contributed by atoms with Gasteiger partial charge in [-0.25, -0.2) is 4.98 Å². The molecule has 1 aromatic heterocycles. The van der Waals surface area contributed by atoms with Crippen LogP contribution in [0.4, 0.5) is 23.0 Å². The van der Waals surface area contributed by atoms with Gasteiger partial charge in [-0.05, 0) is 55.3 Å². The van der Waals surface area contributed by atoms with Crippen molar-refractivity contribution in [2.75, 3.05) is 16.9 Å². The average Bonchev–Trinajstić information content (AvgIpc) is 2.68. The predicted molar refractivity (Wildman–Crippen MR) is 122 cm³/mol. The highest BCUT2D eigenvalue weighted by Gasteiger charge is 2.07. The van der Waals surface area contributed by atoms with Crippen molar-refractivity contribution in [1.29, 1.82) is 0 Å². The summed E-state index contributed by atoms with van der Waals surface area (Å²) in [5.74, 6) is 1.72. The highest BCUT2D eigenvalue weighted by atomic mass is 32.2. The maximum Gasteiger partial charge on any atom is 0.261 e. The van der Waals surface area contributed by atoms with Gasteiger partial charge >= 0.3 is 0 Å². The maximum absolute atomic E-state index is 9.19. The normalized spacial score (nSPS) is 10.0. The Bertz CT molecular complexity index is 969. The summed E-state index contributed by atoms with van der Waals surface area (Å²) >= 11 is 0. The molecular weight excluding hydrogens is 386 g/mol. The molecule has 0 aliphatic carbocycles. The number of benzene rings is 2. The number of aryl methyl sites for hydroxylation is 1. The second-order valence-electron chi connectivity index (χ2n) is 6.01. The minimum atomic E-state index is -3.67. The molecule has 0 aliphatic rings. The minimum absolute atomic E-state index is 0.715. The Kier molecular flexibility index (Phi) is 9.85. The van der Waals surface area contributed by atoms with Gasteiger partial charge in [0.1, 0.15) is 11.6 Å². The molecule has 156 valence electrons. The lowest BCUT2D eigenvalue weighted by Crippen LogP contribution is -2.02.